The van der Waals surface area contributed by atoms with Crippen LogP contribution in [-0.4, -0.2) is 43.1 Å². The largest absolute Gasteiger partial charge is 0.488 e. The van der Waals surface area contributed by atoms with Crippen LogP contribution in [0.1, 0.15) is 18.4 Å². The van der Waals surface area contributed by atoms with E-state index in [9.17, 15) is 4.79 Å². The number of amides is 1. The number of nitrogens with zero attached hydrogens (tertiary/aromatic N) is 1. The van der Waals surface area contributed by atoms with Gasteiger partial charge in [-0.3, -0.25) is 4.79 Å². The Labute approximate surface area is 146 Å². The van der Waals surface area contributed by atoms with Crippen molar-refractivity contribution >= 4 is 23.6 Å². The number of ether oxygens (including phenoxy) is 1. The minimum absolute atomic E-state index is 0.0214. The van der Waals surface area contributed by atoms with Gasteiger partial charge in [-0.15, -0.1) is 0 Å². The number of fused-ring (bicyclic) bond motifs is 1. The zero-order valence-corrected chi connectivity index (χ0v) is 14.3. The Bertz CT molecular complexity index is 702. The van der Waals surface area contributed by atoms with E-state index >= 15 is 0 Å². The number of nitrogens with one attached hydrogen (secondary N) is 1. The van der Waals surface area contributed by atoms with Crippen LogP contribution >= 0.6 is 11.6 Å². The molecule has 0 spiro atoms. The van der Waals surface area contributed by atoms with Gasteiger partial charge in [0, 0.05) is 36.3 Å². The van der Waals surface area contributed by atoms with Crippen LogP contribution in [0, 0.1) is 17.8 Å². The zero-order chi connectivity index (χ0) is 16.3. The molecule has 1 aliphatic carbocycles. The van der Waals surface area contributed by atoms with E-state index in [1.807, 2.05) is 24.3 Å². The molecule has 4 heterocycles. The molecule has 4 aliphatic heterocycles. The molecule has 0 radical (unpaired) electrons. The molecule has 4 fully saturated rings. The third kappa shape index (κ3) is 2.44. The summed E-state index contributed by atoms with van der Waals surface area (Å²) in [6, 6.07) is 5.84. The molecule has 126 valence electrons. The summed E-state index contributed by atoms with van der Waals surface area (Å²) in [5.74, 6) is 2.90. The van der Waals surface area contributed by atoms with E-state index in [0.717, 1.165) is 30.3 Å². The van der Waals surface area contributed by atoms with E-state index in [4.69, 9.17) is 16.3 Å². The van der Waals surface area contributed by atoms with Crippen molar-refractivity contribution in [1.29, 1.82) is 0 Å². The second-order valence-electron chi connectivity index (χ2n) is 7.72. The first-order valence-electron chi connectivity index (χ1n) is 8.82. The monoisotopic (exact) mass is 344 g/mol. The number of halogens is 1. The van der Waals surface area contributed by atoms with Crippen LogP contribution in [0.15, 0.2) is 23.8 Å². The molecular formula is C19H21ClN2O2. The fourth-order valence-corrected chi connectivity index (χ4v) is 5.35. The van der Waals surface area contributed by atoms with Crippen LogP contribution in [0.2, 0.25) is 5.02 Å². The average Bonchev–Trinajstić information content (AvgIpc) is 2.56. The SMILES string of the molecule is O=C(NC1[C@@H]2CC3C[C@H]1CN(C3)C2)C1=Cc2cc(Cl)ccc2OC1. The maximum Gasteiger partial charge on any atom is 0.250 e. The lowest BCUT2D eigenvalue weighted by atomic mass is 9.65. The lowest BCUT2D eigenvalue weighted by Crippen LogP contribution is -2.64. The van der Waals surface area contributed by atoms with E-state index in [1.165, 1.54) is 19.4 Å². The van der Waals surface area contributed by atoms with Crippen molar-refractivity contribution in [2.45, 2.75) is 18.9 Å². The average molecular weight is 345 g/mol. The third-order valence-electron chi connectivity index (χ3n) is 6.06. The Kier molecular flexibility index (Phi) is 3.39. The molecule has 3 saturated heterocycles. The molecule has 5 atom stereocenters. The fourth-order valence-electron chi connectivity index (χ4n) is 5.17. The summed E-state index contributed by atoms with van der Waals surface area (Å²) < 4.78 is 5.72. The molecule has 1 aromatic rings. The van der Waals surface area contributed by atoms with Gasteiger partial charge >= 0.3 is 0 Å². The van der Waals surface area contributed by atoms with Gasteiger partial charge in [0.2, 0.25) is 0 Å². The third-order valence-corrected chi connectivity index (χ3v) is 6.30. The van der Waals surface area contributed by atoms with Crippen molar-refractivity contribution in [3.8, 4) is 5.75 Å². The first-order chi connectivity index (χ1) is 11.7. The van der Waals surface area contributed by atoms with Crippen molar-refractivity contribution in [3.63, 3.8) is 0 Å². The van der Waals surface area contributed by atoms with Gasteiger partial charge in [0.25, 0.3) is 5.91 Å². The smallest absolute Gasteiger partial charge is 0.250 e. The Hall–Kier alpha value is -1.52. The Balaban J connectivity index is 1.34. The van der Waals surface area contributed by atoms with Crippen LogP contribution in [0.25, 0.3) is 6.08 Å². The highest BCUT2D eigenvalue weighted by Crippen LogP contribution is 2.43. The molecule has 0 aromatic heterocycles. The molecule has 24 heavy (non-hydrogen) atoms. The Morgan fingerprint density at radius 1 is 1.21 bits per heavy atom. The van der Waals surface area contributed by atoms with Gasteiger partial charge < -0.3 is 15.0 Å². The molecule has 1 aromatic carbocycles. The summed E-state index contributed by atoms with van der Waals surface area (Å²) >= 11 is 6.05. The number of rotatable bonds is 2. The van der Waals surface area contributed by atoms with Gasteiger partial charge in [0.1, 0.15) is 12.4 Å². The van der Waals surface area contributed by atoms with E-state index in [2.05, 4.69) is 10.2 Å². The Morgan fingerprint density at radius 2 is 2.00 bits per heavy atom. The highest BCUT2D eigenvalue weighted by Gasteiger charge is 2.48. The molecule has 5 heteroatoms. The lowest BCUT2D eigenvalue weighted by molar-refractivity contribution is -0.122. The molecule has 1 N–H and O–H groups in total. The molecule has 4 nitrogen and oxygen atoms in total. The van der Waals surface area contributed by atoms with Crippen molar-refractivity contribution in [2.75, 3.05) is 26.2 Å². The normalized spacial score (nSPS) is 35.9. The molecule has 4 bridgehead atoms. The number of carbonyl (C=O) groups is 1. The Morgan fingerprint density at radius 3 is 2.75 bits per heavy atom. The summed E-state index contributed by atoms with van der Waals surface area (Å²) in [6.07, 6.45) is 4.46. The minimum Gasteiger partial charge on any atom is -0.488 e. The molecule has 3 unspecified atom stereocenters. The van der Waals surface area contributed by atoms with Crippen LogP contribution in [0.3, 0.4) is 0 Å². The summed E-state index contributed by atoms with van der Waals surface area (Å²) in [5, 5.41) is 3.99. The number of piperidine rings is 3. The van der Waals surface area contributed by atoms with Crippen molar-refractivity contribution in [2.24, 2.45) is 17.8 Å². The van der Waals surface area contributed by atoms with Gasteiger partial charge in [-0.25, -0.2) is 0 Å². The van der Waals surface area contributed by atoms with Gasteiger partial charge in [-0.1, -0.05) is 11.6 Å². The molecular weight excluding hydrogens is 324 g/mol. The van der Waals surface area contributed by atoms with E-state index < -0.39 is 0 Å². The summed E-state index contributed by atoms with van der Waals surface area (Å²) in [7, 11) is 0. The standard InChI is InChI=1S/C19H21ClN2O2/c20-16-1-2-17-12(6-16)5-15(10-24-17)19(23)21-18-13-3-11-4-14(18)9-22(7-11)8-13/h1-2,5-6,11,13-14,18H,3-4,7-10H2,(H,21,23)/t11?,13-,14+,18?. The first kappa shape index (κ1) is 14.8. The van der Waals surface area contributed by atoms with Gasteiger partial charge in [-0.05, 0) is 54.9 Å². The summed E-state index contributed by atoms with van der Waals surface area (Å²) in [4.78, 5) is 15.4. The minimum atomic E-state index is 0.0214. The number of hydrogen-bond acceptors (Lipinski definition) is 3. The van der Waals surface area contributed by atoms with Crippen LogP contribution in [0.4, 0.5) is 0 Å². The zero-order valence-electron chi connectivity index (χ0n) is 13.5. The predicted molar refractivity (Wildman–Crippen MR) is 93.0 cm³/mol. The second kappa shape index (κ2) is 5.50. The van der Waals surface area contributed by atoms with Crippen LogP contribution in [-0.2, 0) is 4.79 Å². The van der Waals surface area contributed by atoms with Crippen molar-refractivity contribution in [3.05, 3.63) is 34.4 Å². The van der Waals surface area contributed by atoms with Crippen LogP contribution in [0.5, 0.6) is 5.75 Å². The van der Waals surface area contributed by atoms with E-state index in [1.54, 1.807) is 0 Å². The molecule has 1 saturated carbocycles. The lowest BCUT2D eigenvalue weighted by Gasteiger charge is -2.56. The second-order valence-corrected chi connectivity index (χ2v) is 8.15. The number of carbonyl (C=O) groups excluding carboxylic acids is 1. The fraction of sp³-hybridized carbons (Fsp3) is 0.526. The van der Waals surface area contributed by atoms with Crippen molar-refractivity contribution < 1.29 is 9.53 Å². The predicted octanol–water partition coefficient (Wildman–Crippen LogP) is 2.57. The summed E-state index contributed by atoms with van der Waals surface area (Å²) in [6.45, 7) is 3.89. The molecule has 6 rings (SSSR count). The highest BCUT2D eigenvalue weighted by molar-refractivity contribution is 6.30. The number of benzene rings is 1. The maximum atomic E-state index is 12.8. The molecule has 1 amide bonds. The first-order valence-corrected chi connectivity index (χ1v) is 9.19. The summed E-state index contributed by atoms with van der Waals surface area (Å²) in [5.41, 5.74) is 1.58. The van der Waals surface area contributed by atoms with Gasteiger partial charge in [0.05, 0.1) is 5.57 Å². The van der Waals surface area contributed by atoms with Crippen molar-refractivity contribution in [1.82, 2.24) is 10.2 Å². The van der Waals surface area contributed by atoms with E-state index in [-0.39, 0.29) is 5.91 Å². The topological polar surface area (TPSA) is 41.6 Å². The van der Waals surface area contributed by atoms with Gasteiger partial charge in [-0.2, -0.15) is 0 Å². The van der Waals surface area contributed by atoms with E-state index in [0.29, 0.717) is 35.1 Å². The maximum absolute atomic E-state index is 12.8. The van der Waals surface area contributed by atoms with Crippen LogP contribution < -0.4 is 10.1 Å². The quantitative estimate of drug-likeness (QED) is 0.896. The highest BCUT2D eigenvalue weighted by atomic mass is 35.5. The molecule has 5 aliphatic rings. The van der Waals surface area contributed by atoms with Gasteiger partial charge in [0.15, 0.2) is 0 Å². The number of hydrogen-bond donors (Lipinski definition) is 1.